The summed E-state index contributed by atoms with van der Waals surface area (Å²) in [6.45, 7) is 12.8. The molecule has 0 saturated carbocycles. The van der Waals surface area contributed by atoms with E-state index in [1.54, 1.807) is 0 Å². The van der Waals surface area contributed by atoms with Gasteiger partial charge in [0, 0.05) is 11.1 Å². The summed E-state index contributed by atoms with van der Waals surface area (Å²) in [6, 6.07) is 37.4. The molecule has 6 aromatic rings. The fourth-order valence-electron chi connectivity index (χ4n) is 5.90. The molecule has 0 fully saturated rings. The van der Waals surface area contributed by atoms with E-state index in [-0.39, 0.29) is 24.2 Å². The van der Waals surface area contributed by atoms with Gasteiger partial charge in [-0.1, -0.05) is 94.4 Å². The first-order valence-electron chi connectivity index (χ1n) is 17.0. The molecule has 0 amide bonds. The van der Waals surface area contributed by atoms with E-state index in [1.165, 1.54) is 16.3 Å². The Morgan fingerprint density at radius 2 is 0.980 bits per heavy atom. The standard InChI is InChI=1S/C42H44O5P2/c1-7-29-21-35(27(3)4)25-39(41(29)46-48-44-36-19-17-31-13-9-11-15-33(31)23-36)40-26-38(43-28(5)6)22-30(8-2)42(40)47-49-45-37-20-18-32-14-10-12-16-34(32)24-37/h9-28,48-49H,7-8H2,1-6H3. The van der Waals surface area contributed by atoms with Gasteiger partial charge in [0.2, 0.25) is 0 Å². The van der Waals surface area contributed by atoms with Crippen molar-refractivity contribution in [3.8, 4) is 39.9 Å². The maximum absolute atomic E-state index is 6.61. The van der Waals surface area contributed by atoms with Crippen LogP contribution in [0.15, 0.2) is 109 Å². The van der Waals surface area contributed by atoms with Crippen molar-refractivity contribution in [3.63, 3.8) is 0 Å². The molecule has 0 heterocycles. The second-order valence-corrected chi connectivity index (χ2v) is 13.8. The minimum absolute atomic E-state index is 0.0168. The van der Waals surface area contributed by atoms with Gasteiger partial charge in [-0.3, -0.25) is 0 Å². The Balaban J connectivity index is 1.37. The van der Waals surface area contributed by atoms with Crippen molar-refractivity contribution >= 4 is 39.6 Å². The summed E-state index contributed by atoms with van der Waals surface area (Å²) in [7, 11) is -0.495. The first-order valence-corrected chi connectivity index (χ1v) is 18.6. The predicted molar refractivity (Wildman–Crippen MR) is 208 cm³/mol. The summed E-state index contributed by atoms with van der Waals surface area (Å²) in [5.41, 5.74) is 5.24. The van der Waals surface area contributed by atoms with Crippen LogP contribution in [0.3, 0.4) is 0 Å². The average Bonchev–Trinajstić information content (AvgIpc) is 3.11. The molecule has 0 aliphatic rings. The lowest BCUT2D eigenvalue weighted by atomic mass is 9.91. The Hall–Kier alpha value is -4.30. The monoisotopic (exact) mass is 690 g/mol. The minimum atomic E-state index is -0.252. The van der Waals surface area contributed by atoms with Crippen LogP contribution in [0.5, 0.6) is 28.7 Å². The molecule has 0 aromatic heterocycles. The van der Waals surface area contributed by atoms with Gasteiger partial charge in [0.15, 0.2) is 0 Å². The molecule has 0 aliphatic carbocycles. The number of rotatable bonds is 14. The van der Waals surface area contributed by atoms with Gasteiger partial charge in [-0.05, 0) is 113 Å². The largest absolute Gasteiger partial charge is 0.491 e. The van der Waals surface area contributed by atoms with Gasteiger partial charge in [-0.2, -0.15) is 0 Å². The normalized spacial score (nSPS) is 11.8. The van der Waals surface area contributed by atoms with Crippen LogP contribution in [-0.4, -0.2) is 6.10 Å². The van der Waals surface area contributed by atoms with E-state index in [0.29, 0.717) is 5.92 Å². The van der Waals surface area contributed by atoms with Crippen LogP contribution in [0.25, 0.3) is 32.7 Å². The molecule has 0 radical (unpaired) electrons. The van der Waals surface area contributed by atoms with E-state index in [1.807, 2.05) is 50.2 Å². The van der Waals surface area contributed by atoms with Gasteiger partial charge >= 0.3 is 0 Å². The summed E-state index contributed by atoms with van der Waals surface area (Å²) in [5, 5.41) is 4.60. The number of ether oxygens (including phenoxy) is 1. The fourth-order valence-corrected chi connectivity index (χ4v) is 7.07. The quantitative estimate of drug-likeness (QED) is 0.106. The van der Waals surface area contributed by atoms with Crippen molar-refractivity contribution in [1.82, 2.24) is 0 Å². The third-order valence-electron chi connectivity index (χ3n) is 8.47. The number of benzene rings is 6. The van der Waals surface area contributed by atoms with Gasteiger partial charge in [-0.25, -0.2) is 0 Å². The van der Waals surface area contributed by atoms with Crippen molar-refractivity contribution < 1.29 is 22.8 Å². The van der Waals surface area contributed by atoms with Crippen LogP contribution in [0.1, 0.15) is 64.2 Å². The number of fused-ring (bicyclic) bond motifs is 2. The molecule has 252 valence electrons. The van der Waals surface area contributed by atoms with E-state index in [0.717, 1.165) is 74.6 Å². The van der Waals surface area contributed by atoms with E-state index in [2.05, 4.69) is 100 Å². The topological polar surface area (TPSA) is 46.2 Å². The van der Waals surface area contributed by atoms with Gasteiger partial charge in [0.1, 0.15) is 28.7 Å². The Bertz CT molecular complexity index is 2060. The SMILES string of the molecule is CCc1cc(OC(C)C)cc(-c2cc(C(C)C)cc(CC)c2OPOc2ccc3ccccc3c2)c1OPOc1ccc2ccccc2c1. The summed E-state index contributed by atoms with van der Waals surface area (Å²) in [5.74, 6) is 4.21. The van der Waals surface area contributed by atoms with Crippen molar-refractivity contribution in [2.24, 2.45) is 0 Å². The Labute approximate surface area is 293 Å². The highest BCUT2D eigenvalue weighted by atomic mass is 31.1. The minimum Gasteiger partial charge on any atom is -0.491 e. The van der Waals surface area contributed by atoms with Gasteiger partial charge in [0.05, 0.1) is 6.10 Å². The van der Waals surface area contributed by atoms with Crippen LogP contribution >= 0.6 is 18.1 Å². The Morgan fingerprint density at radius 1 is 0.490 bits per heavy atom. The zero-order valence-electron chi connectivity index (χ0n) is 29.0. The van der Waals surface area contributed by atoms with Crippen LogP contribution in [-0.2, 0) is 12.8 Å². The van der Waals surface area contributed by atoms with Crippen molar-refractivity contribution in [2.75, 3.05) is 0 Å². The molecule has 0 saturated heterocycles. The molecule has 7 heteroatoms. The van der Waals surface area contributed by atoms with Crippen molar-refractivity contribution in [3.05, 3.63) is 126 Å². The molecule has 0 aliphatic heterocycles. The smallest absolute Gasteiger partial charge is 0.275 e. The molecular weight excluding hydrogens is 646 g/mol. The van der Waals surface area contributed by atoms with E-state index < -0.39 is 0 Å². The maximum atomic E-state index is 6.61. The van der Waals surface area contributed by atoms with E-state index >= 15 is 0 Å². The first-order chi connectivity index (χ1) is 23.8. The summed E-state index contributed by atoms with van der Waals surface area (Å²) in [4.78, 5) is 0. The second kappa shape index (κ2) is 15.9. The lowest BCUT2D eigenvalue weighted by Gasteiger charge is -2.23. The van der Waals surface area contributed by atoms with Crippen LogP contribution in [0.2, 0.25) is 0 Å². The lowest BCUT2D eigenvalue weighted by Crippen LogP contribution is -2.07. The highest BCUT2D eigenvalue weighted by molar-refractivity contribution is 7.27. The molecule has 5 nitrogen and oxygen atoms in total. The van der Waals surface area contributed by atoms with Crippen molar-refractivity contribution in [2.45, 2.75) is 66.4 Å². The molecule has 6 aromatic carbocycles. The molecule has 49 heavy (non-hydrogen) atoms. The van der Waals surface area contributed by atoms with Crippen LogP contribution < -0.4 is 22.8 Å². The molecule has 2 atom stereocenters. The summed E-state index contributed by atoms with van der Waals surface area (Å²) >= 11 is 0. The first kappa shape index (κ1) is 34.6. The molecular formula is C42H44O5P2. The highest BCUT2D eigenvalue weighted by Gasteiger charge is 2.22. The lowest BCUT2D eigenvalue weighted by molar-refractivity contribution is 0.242. The average molecular weight is 691 g/mol. The highest BCUT2D eigenvalue weighted by Crippen LogP contribution is 2.47. The molecule has 0 N–H and O–H groups in total. The van der Waals surface area contributed by atoms with Crippen LogP contribution in [0, 0.1) is 0 Å². The van der Waals surface area contributed by atoms with Crippen LogP contribution in [0.4, 0.5) is 0 Å². The van der Waals surface area contributed by atoms with E-state index in [4.69, 9.17) is 22.8 Å². The van der Waals surface area contributed by atoms with Gasteiger partial charge in [0.25, 0.3) is 18.1 Å². The van der Waals surface area contributed by atoms with Gasteiger partial charge < -0.3 is 22.8 Å². The van der Waals surface area contributed by atoms with Crippen molar-refractivity contribution in [1.29, 1.82) is 0 Å². The maximum Gasteiger partial charge on any atom is 0.275 e. The zero-order chi connectivity index (χ0) is 34.3. The fraction of sp³-hybridized carbons (Fsp3) is 0.238. The molecule has 2 unspecified atom stereocenters. The molecule has 0 bridgehead atoms. The predicted octanol–water partition coefficient (Wildman–Crippen LogP) is 12.6. The summed E-state index contributed by atoms with van der Waals surface area (Å²) in [6.07, 6.45) is 1.57. The summed E-state index contributed by atoms with van der Waals surface area (Å²) < 4.78 is 31.9. The molecule has 0 spiro atoms. The molecule has 6 rings (SSSR count). The second-order valence-electron chi connectivity index (χ2n) is 12.6. The third-order valence-corrected chi connectivity index (χ3v) is 9.68. The number of hydrogen-bond acceptors (Lipinski definition) is 5. The Morgan fingerprint density at radius 3 is 1.47 bits per heavy atom. The Kier molecular flexibility index (Phi) is 11.2. The number of aryl methyl sites for hydroxylation is 2. The zero-order valence-corrected chi connectivity index (χ0v) is 31.0. The third kappa shape index (κ3) is 8.30. The van der Waals surface area contributed by atoms with Gasteiger partial charge in [-0.15, -0.1) is 0 Å². The number of hydrogen-bond donors (Lipinski definition) is 0. The van der Waals surface area contributed by atoms with E-state index in [9.17, 15) is 0 Å².